The first-order valence-electron chi connectivity index (χ1n) is 4.25. The van der Waals surface area contributed by atoms with E-state index in [1.807, 2.05) is 6.08 Å². The Morgan fingerprint density at radius 1 is 1.45 bits per heavy atom. The second-order valence-electron chi connectivity index (χ2n) is 3.21. The predicted molar refractivity (Wildman–Crippen MR) is 41.0 cm³/mol. The SMILES string of the molecule is O=C1OCCCC2CCC=C12. The van der Waals surface area contributed by atoms with Crippen molar-refractivity contribution in [3.05, 3.63) is 11.6 Å². The van der Waals surface area contributed by atoms with E-state index in [2.05, 4.69) is 0 Å². The van der Waals surface area contributed by atoms with Gasteiger partial charge in [0.1, 0.15) is 0 Å². The molecule has 11 heavy (non-hydrogen) atoms. The average molecular weight is 152 g/mol. The molecule has 2 aliphatic rings. The molecule has 1 saturated heterocycles. The number of rotatable bonds is 0. The van der Waals surface area contributed by atoms with E-state index in [0.717, 1.165) is 31.3 Å². The molecule has 0 aromatic rings. The van der Waals surface area contributed by atoms with Crippen LogP contribution in [0.3, 0.4) is 0 Å². The summed E-state index contributed by atoms with van der Waals surface area (Å²) in [5.41, 5.74) is 0.947. The summed E-state index contributed by atoms with van der Waals surface area (Å²) in [6, 6.07) is 0. The van der Waals surface area contributed by atoms with E-state index < -0.39 is 0 Å². The molecule has 60 valence electrons. The van der Waals surface area contributed by atoms with Gasteiger partial charge in [-0.25, -0.2) is 4.79 Å². The summed E-state index contributed by atoms with van der Waals surface area (Å²) in [5, 5.41) is 0. The van der Waals surface area contributed by atoms with Gasteiger partial charge in [-0.3, -0.25) is 0 Å². The van der Waals surface area contributed by atoms with Crippen LogP contribution in [0, 0.1) is 5.92 Å². The maximum absolute atomic E-state index is 11.2. The van der Waals surface area contributed by atoms with E-state index in [-0.39, 0.29) is 5.97 Å². The topological polar surface area (TPSA) is 26.3 Å². The quantitative estimate of drug-likeness (QED) is 0.493. The molecule has 0 radical (unpaired) electrons. The lowest BCUT2D eigenvalue weighted by Gasteiger charge is -2.06. The Balaban J connectivity index is 2.20. The summed E-state index contributed by atoms with van der Waals surface area (Å²) >= 11 is 0. The first-order valence-corrected chi connectivity index (χ1v) is 4.25. The fourth-order valence-electron chi connectivity index (χ4n) is 1.89. The number of allylic oxidation sites excluding steroid dienone is 1. The van der Waals surface area contributed by atoms with Crippen LogP contribution in [-0.4, -0.2) is 12.6 Å². The van der Waals surface area contributed by atoms with Crippen LogP contribution < -0.4 is 0 Å². The number of carbonyl (C=O) groups is 1. The Morgan fingerprint density at radius 3 is 3.27 bits per heavy atom. The van der Waals surface area contributed by atoms with E-state index in [4.69, 9.17) is 4.74 Å². The minimum absolute atomic E-state index is 0.0648. The number of hydrogen-bond donors (Lipinski definition) is 0. The van der Waals surface area contributed by atoms with Gasteiger partial charge < -0.3 is 4.74 Å². The summed E-state index contributed by atoms with van der Waals surface area (Å²) in [5.74, 6) is 0.454. The minimum atomic E-state index is -0.0648. The van der Waals surface area contributed by atoms with Crippen molar-refractivity contribution in [2.24, 2.45) is 5.92 Å². The second-order valence-corrected chi connectivity index (χ2v) is 3.21. The van der Waals surface area contributed by atoms with Gasteiger partial charge in [0.25, 0.3) is 0 Å². The van der Waals surface area contributed by atoms with Gasteiger partial charge in [-0.1, -0.05) is 6.08 Å². The minimum Gasteiger partial charge on any atom is -0.462 e. The van der Waals surface area contributed by atoms with E-state index in [1.165, 1.54) is 0 Å². The van der Waals surface area contributed by atoms with Crippen LogP contribution in [0.1, 0.15) is 25.7 Å². The molecule has 1 atom stereocenters. The molecular formula is C9H12O2. The van der Waals surface area contributed by atoms with Crippen molar-refractivity contribution in [3.63, 3.8) is 0 Å². The van der Waals surface area contributed by atoms with Crippen LogP contribution in [0.5, 0.6) is 0 Å². The molecule has 1 aliphatic heterocycles. The van der Waals surface area contributed by atoms with Gasteiger partial charge in [-0.15, -0.1) is 0 Å². The fourth-order valence-corrected chi connectivity index (χ4v) is 1.89. The van der Waals surface area contributed by atoms with Gasteiger partial charge in [0.2, 0.25) is 0 Å². The number of ether oxygens (including phenoxy) is 1. The summed E-state index contributed by atoms with van der Waals surface area (Å²) in [6.45, 7) is 0.618. The molecule has 2 heteroatoms. The summed E-state index contributed by atoms with van der Waals surface area (Å²) in [4.78, 5) is 11.2. The zero-order chi connectivity index (χ0) is 7.68. The number of esters is 1. The van der Waals surface area contributed by atoms with Crippen molar-refractivity contribution < 1.29 is 9.53 Å². The third-order valence-corrected chi connectivity index (χ3v) is 2.48. The Labute approximate surface area is 66.2 Å². The standard InChI is InChI=1S/C9H12O2/c10-9-8-5-1-3-7(8)4-2-6-11-9/h5,7H,1-4,6H2. The highest BCUT2D eigenvalue weighted by Crippen LogP contribution is 2.32. The molecule has 0 bridgehead atoms. The number of carbonyl (C=O) groups excluding carboxylic acids is 1. The molecule has 1 fully saturated rings. The van der Waals surface area contributed by atoms with Gasteiger partial charge in [0, 0.05) is 5.57 Å². The first-order chi connectivity index (χ1) is 5.38. The van der Waals surface area contributed by atoms with E-state index in [1.54, 1.807) is 0 Å². The van der Waals surface area contributed by atoms with Gasteiger partial charge >= 0.3 is 5.97 Å². The lowest BCUT2D eigenvalue weighted by molar-refractivity contribution is -0.138. The Morgan fingerprint density at radius 2 is 2.36 bits per heavy atom. The third kappa shape index (κ3) is 1.17. The first kappa shape index (κ1) is 6.89. The van der Waals surface area contributed by atoms with E-state index >= 15 is 0 Å². The van der Waals surface area contributed by atoms with Crippen molar-refractivity contribution in [1.82, 2.24) is 0 Å². The third-order valence-electron chi connectivity index (χ3n) is 2.48. The molecule has 1 heterocycles. The highest BCUT2D eigenvalue weighted by atomic mass is 16.5. The Bertz CT molecular complexity index is 206. The summed E-state index contributed by atoms with van der Waals surface area (Å²) in [7, 11) is 0. The Kier molecular flexibility index (Phi) is 1.68. The highest BCUT2D eigenvalue weighted by Gasteiger charge is 2.27. The molecule has 0 N–H and O–H groups in total. The average Bonchev–Trinajstić information content (AvgIpc) is 2.40. The molecule has 2 nitrogen and oxygen atoms in total. The smallest absolute Gasteiger partial charge is 0.333 e. The van der Waals surface area contributed by atoms with Gasteiger partial charge in [0.05, 0.1) is 6.61 Å². The van der Waals surface area contributed by atoms with Crippen molar-refractivity contribution in [3.8, 4) is 0 Å². The molecule has 0 aromatic carbocycles. The second kappa shape index (κ2) is 2.68. The molecular weight excluding hydrogens is 140 g/mol. The van der Waals surface area contributed by atoms with Crippen molar-refractivity contribution in [1.29, 1.82) is 0 Å². The molecule has 1 unspecified atom stereocenters. The van der Waals surface area contributed by atoms with Gasteiger partial charge in [0.15, 0.2) is 0 Å². The maximum atomic E-state index is 11.2. The lowest BCUT2D eigenvalue weighted by atomic mass is 9.97. The van der Waals surface area contributed by atoms with Crippen LogP contribution >= 0.6 is 0 Å². The monoisotopic (exact) mass is 152 g/mol. The van der Waals surface area contributed by atoms with Crippen molar-refractivity contribution >= 4 is 5.97 Å². The van der Waals surface area contributed by atoms with Crippen LogP contribution in [0.4, 0.5) is 0 Å². The van der Waals surface area contributed by atoms with Crippen LogP contribution in [0.2, 0.25) is 0 Å². The van der Waals surface area contributed by atoms with Crippen LogP contribution in [-0.2, 0) is 9.53 Å². The van der Waals surface area contributed by atoms with Gasteiger partial charge in [-0.05, 0) is 31.6 Å². The molecule has 1 aliphatic carbocycles. The zero-order valence-corrected chi connectivity index (χ0v) is 6.51. The largest absolute Gasteiger partial charge is 0.462 e. The molecule has 0 saturated carbocycles. The molecule has 0 spiro atoms. The van der Waals surface area contributed by atoms with E-state index in [0.29, 0.717) is 12.5 Å². The van der Waals surface area contributed by atoms with Gasteiger partial charge in [-0.2, -0.15) is 0 Å². The normalized spacial score (nSPS) is 30.4. The number of fused-ring (bicyclic) bond motifs is 1. The Hall–Kier alpha value is -0.790. The maximum Gasteiger partial charge on any atom is 0.333 e. The predicted octanol–water partition coefficient (Wildman–Crippen LogP) is 1.66. The van der Waals surface area contributed by atoms with Crippen LogP contribution in [0.15, 0.2) is 11.6 Å². The van der Waals surface area contributed by atoms with Crippen LogP contribution in [0.25, 0.3) is 0 Å². The fraction of sp³-hybridized carbons (Fsp3) is 0.667. The van der Waals surface area contributed by atoms with E-state index in [9.17, 15) is 4.79 Å². The lowest BCUT2D eigenvalue weighted by Crippen LogP contribution is -2.08. The van der Waals surface area contributed by atoms with Crippen molar-refractivity contribution in [2.45, 2.75) is 25.7 Å². The molecule has 2 rings (SSSR count). The number of cyclic esters (lactones) is 1. The van der Waals surface area contributed by atoms with Crippen molar-refractivity contribution in [2.75, 3.05) is 6.61 Å². The summed E-state index contributed by atoms with van der Waals surface area (Å²) in [6.07, 6.45) is 6.43. The zero-order valence-electron chi connectivity index (χ0n) is 6.51. The summed E-state index contributed by atoms with van der Waals surface area (Å²) < 4.78 is 5.01. The molecule has 0 aromatic heterocycles. The number of hydrogen-bond acceptors (Lipinski definition) is 2. The highest BCUT2D eigenvalue weighted by molar-refractivity contribution is 5.89. The molecule has 0 amide bonds.